The summed E-state index contributed by atoms with van der Waals surface area (Å²) in [7, 11) is 1.57. The number of urea groups is 1. The lowest BCUT2D eigenvalue weighted by Gasteiger charge is -2.17. The van der Waals surface area contributed by atoms with Gasteiger partial charge in [-0.3, -0.25) is 19.3 Å². The zero-order valence-electron chi connectivity index (χ0n) is 15.2. The third kappa shape index (κ3) is 4.38. The number of benzene rings is 1. The summed E-state index contributed by atoms with van der Waals surface area (Å²) in [4.78, 5) is 49.6. The number of nitrogens with zero attached hydrogens (tertiary/aromatic N) is 2. The molecule has 1 fully saturated rings. The van der Waals surface area contributed by atoms with Crippen molar-refractivity contribution in [3.8, 4) is 5.75 Å². The summed E-state index contributed by atoms with van der Waals surface area (Å²) in [6, 6.07) is 6.70. The second-order valence-corrected chi connectivity index (χ2v) is 6.40. The summed E-state index contributed by atoms with van der Waals surface area (Å²) >= 11 is 0. The van der Waals surface area contributed by atoms with E-state index in [1.54, 1.807) is 7.11 Å². The van der Waals surface area contributed by atoms with Gasteiger partial charge in [0, 0.05) is 13.1 Å². The summed E-state index contributed by atoms with van der Waals surface area (Å²) in [5, 5.41) is 2.65. The van der Waals surface area contributed by atoms with Crippen LogP contribution in [0.1, 0.15) is 19.4 Å². The van der Waals surface area contributed by atoms with Crippen molar-refractivity contribution in [1.29, 1.82) is 0 Å². The Morgan fingerprint density at radius 1 is 1.12 bits per heavy atom. The molecule has 1 saturated heterocycles. The molecule has 1 aromatic rings. The van der Waals surface area contributed by atoms with Gasteiger partial charge in [-0.1, -0.05) is 32.0 Å². The van der Waals surface area contributed by atoms with Gasteiger partial charge in [0.05, 0.1) is 7.11 Å². The van der Waals surface area contributed by atoms with Crippen molar-refractivity contribution in [2.45, 2.75) is 20.3 Å². The number of hydrogen-bond acceptors (Lipinski definition) is 5. The number of ether oxygens (including phenoxy) is 1. The number of hydrogen-bond donors (Lipinski definition) is 1. The van der Waals surface area contributed by atoms with E-state index in [4.69, 9.17) is 4.74 Å². The van der Waals surface area contributed by atoms with Crippen LogP contribution in [-0.2, 0) is 20.8 Å². The molecule has 0 bridgehead atoms. The minimum absolute atomic E-state index is 0.0327. The predicted octanol–water partition coefficient (Wildman–Crippen LogP) is 0.801. The number of para-hydroxylation sites is 1. The molecular formula is C18H23N3O5. The molecule has 1 aromatic carbocycles. The van der Waals surface area contributed by atoms with Crippen molar-refractivity contribution in [2.24, 2.45) is 5.92 Å². The van der Waals surface area contributed by atoms with E-state index < -0.39 is 30.3 Å². The van der Waals surface area contributed by atoms with Crippen LogP contribution in [0.3, 0.4) is 0 Å². The first-order chi connectivity index (χ1) is 12.3. The zero-order valence-corrected chi connectivity index (χ0v) is 15.2. The monoisotopic (exact) mass is 361 g/mol. The van der Waals surface area contributed by atoms with Crippen LogP contribution in [0, 0.1) is 5.92 Å². The standard InChI is InChI=1S/C18H23N3O5/c1-12(2)10-20-16(23)17(24)21(18(20)25)11-15(22)19-9-8-13-6-4-5-7-14(13)26-3/h4-7,12H,8-11H2,1-3H3,(H,19,22). The quantitative estimate of drug-likeness (QED) is 0.546. The molecule has 1 N–H and O–H groups in total. The molecule has 1 aliphatic heterocycles. The van der Waals surface area contributed by atoms with Gasteiger partial charge in [-0.2, -0.15) is 0 Å². The third-order valence-electron chi connectivity index (χ3n) is 3.89. The fourth-order valence-corrected chi connectivity index (χ4v) is 2.66. The molecule has 0 saturated carbocycles. The zero-order chi connectivity index (χ0) is 19.3. The second kappa shape index (κ2) is 8.46. The highest BCUT2D eigenvalue weighted by atomic mass is 16.5. The van der Waals surface area contributed by atoms with E-state index in [0.29, 0.717) is 17.9 Å². The molecule has 0 aliphatic carbocycles. The first-order valence-corrected chi connectivity index (χ1v) is 8.41. The van der Waals surface area contributed by atoms with Crippen molar-refractivity contribution in [3.63, 3.8) is 0 Å². The van der Waals surface area contributed by atoms with Crippen molar-refractivity contribution in [3.05, 3.63) is 29.8 Å². The van der Waals surface area contributed by atoms with Crippen molar-refractivity contribution >= 4 is 23.8 Å². The number of carbonyl (C=O) groups excluding carboxylic acids is 4. The Morgan fingerprint density at radius 2 is 1.77 bits per heavy atom. The van der Waals surface area contributed by atoms with Crippen LogP contribution >= 0.6 is 0 Å². The summed E-state index contributed by atoms with van der Waals surface area (Å²) in [5.74, 6) is -1.59. The number of rotatable bonds is 8. The molecule has 0 unspecified atom stereocenters. The van der Waals surface area contributed by atoms with E-state index in [1.165, 1.54) is 0 Å². The smallest absolute Gasteiger partial charge is 0.334 e. The minimum Gasteiger partial charge on any atom is -0.496 e. The average molecular weight is 361 g/mol. The van der Waals surface area contributed by atoms with Crippen LogP contribution in [0.25, 0.3) is 0 Å². The van der Waals surface area contributed by atoms with Gasteiger partial charge >= 0.3 is 17.8 Å². The Labute approximate surface area is 152 Å². The van der Waals surface area contributed by atoms with Gasteiger partial charge in [0.15, 0.2) is 0 Å². The van der Waals surface area contributed by atoms with E-state index in [-0.39, 0.29) is 12.5 Å². The Balaban J connectivity index is 1.88. The van der Waals surface area contributed by atoms with E-state index in [0.717, 1.165) is 16.2 Å². The van der Waals surface area contributed by atoms with Gasteiger partial charge in [0.1, 0.15) is 12.3 Å². The Kier molecular flexibility index (Phi) is 6.32. The van der Waals surface area contributed by atoms with Crippen molar-refractivity contribution in [1.82, 2.24) is 15.1 Å². The second-order valence-electron chi connectivity index (χ2n) is 6.40. The van der Waals surface area contributed by atoms with Crippen LogP contribution in [0.15, 0.2) is 24.3 Å². The van der Waals surface area contributed by atoms with Gasteiger partial charge in [-0.25, -0.2) is 9.69 Å². The lowest BCUT2D eigenvalue weighted by Crippen LogP contribution is -2.42. The maximum Gasteiger partial charge on any atom is 0.334 e. The number of carbonyl (C=O) groups is 4. The lowest BCUT2D eigenvalue weighted by molar-refractivity contribution is -0.144. The molecule has 5 amide bonds. The Hall–Kier alpha value is -2.90. The van der Waals surface area contributed by atoms with Crippen LogP contribution in [0.5, 0.6) is 5.75 Å². The molecule has 0 radical (unpaired) electrons. The summed E-state index contributed by atoms with van der Waals surface area (Å²) in [6.45, 7) is 3.66. The van der Waals surface area contributed by atoms with Crippen LogP contribution < -0.4 is 10.1 Å². The third-order valence-corrected chi connectivity index (χ3v) is 3.89. The van der Waals surface area contributed by atoms with E-state index >= 15 is 0 Å². The Morgan fingerprint density at radius 3 is 2.42 bits per heavy atom. The van der Waals surface area contributed by atoms with Crippen molar-refractivity contribution in [2.75, 3.05) is 26.7 Å². The highest BCUT2D eigenvalue weighted by molar-refractivity contribution is 6.45. The molecule has 8 nitrogen and oxygen atoms in total. The lowest BCUT2D eigenvalue weighted by atomic mass is 10.1. The van der Waals surface area contributed by atoms with Crippen LogP contribution in [0.2, 0.25) is 0 Å². The SMILES string of the molecule is COc1ccccc1CCNC(=O)CN1C(=O)C(=O)N(CC(C)C)C1=O. The predicted molar refractivity (Wildman–Crippen MR) is 93.4 cm³/mol. The number of amides is 5. The first kappa shape index (κ1) is 19.4. The fraction of sp³-hybridized carbons (Fsp3) is 0.444. The van der Waals surface area contributed by atoms with Gasteiger partial charge in [0.2, 0.25) is 5.91 Å². The number of methoxy groups -OCH3 is 1. The summed E-state index contributed by atoms with van der Waals surface area (Å²) < 4.78 is 5.24. The minimum atomic E-state index is -0.962. The van der Waals surface area contributed by atoms with Gasteiger partial charge in [-0.15, -0.1) is 0 Å². The molecule has 0 aromatic heterocycles. The molecule has 2 rings (SSSR count). The summed E-state index contributed by atoms with van der Waals surface area (Å²) in [5.41, 5.74) is 0.932. The van der Waals surface area contributed by atoms with E-state index in [9.17, 15) is 19.2 Å². The van der Waals surface area contributed by atoms with Gasteiger partial charge in [0.25, 0.3) is 0 Å². The topological polar surface area (TPSA) is 96.0 Å². The van der Waals surface area contributed by atoms with Crippen molar-refractivity contribution < 1.29 is 23.9 Å². The summed E-state index contributed by atoms with van der Waals surface area (Å²) in [6.07, 6.45) is 0.538. The van der Waals surface area contributed by atoms with Crippen LogP contribution in [-0.4, -0.2) is 60.3 Å². The Bertz CT molecular complexity index is 717. The number of nitrogens with one attached hydrogen (secondary N) is 1. The highest BCUT2D eigenvalue weighted by Gasteiger charge is 2.45. The maximum atomic E-state index is 12.2. The molecule has 1 aliphatic rings. The molecule has 26 heavy (non-hydrogen) atoms. The first-order valence-electron chi connectivity index (χ1n) is 8.41. The molecule has 0 atom stereocenters. The molecular weight excluding hydrogens is 338 g/mol. The van der Waals surface area contributed by atoms with Crippen LogP contribution in [0.4, 0.5) is 4.79 Å². The molecule has 8 heteroatoms. The van der Waals surface area contributed by atoms with Gasteiger partial charge < -0.3 is 10.1 Å². The fourth-order valence-electron chi connectivity index (χ4n) is 2.66. The number of imide groups is 2. The molecule has 1 heterocycles. The molecule has 0 spiro atoms. The molecule has 140 valence electrons. The average Bonchev–Trinajstić information content (AvgIpc) is 2.80. The largest absolute Gasteiger partial charge is 0.496 e. The van der Waals surface area contributed by atoms with E-state index in [2.05, 4.69) is 5.32 Å². The highest BCUT2D eigenvalue weighted by Crippen LogP contribution is 2.17. The normalized spacial score (nSPS) is 14.4. The maximum absolute atomic E-state index is 12.2. The van der Waals surface area contributed by atoms with E-state index in [1.807, 2.05) is 38.1 Å². The van der Waals surface area contributed by atoms with Gasteiger partial charge in [-0.05, 0) is 24.0 Å².